The third kappa shape index (κ3) is 2.40. The fourth-order valence-corrected chi connectivity index (χ4v) is 2.43. The van der Waals surface area contributed by atoms with Crippen LogP contribution in [-0.4, -0.2) is 40.4 Å². The van der Waals surface area contributed by atoms with Gasteiger partial charge in [-0.25, -0.2) is 13.6 Å². The van der Waals surface area contributed by atoms with Crippen LogP contribution in [0.3, 0.4) is 0 Å². The molecule has 6 heteroatoms. The van der Waals surface area contributed by atoms with Crippen LogP contribution in [0.1, 0.15) is 32.1 Å². The summed E-state index contributed by atoms with van der Waals surface area (Å²) in [7, 11) is 0. The molecule has 0 unspecified atom stereocenters. The largest absolute Gasteiger partial charge is 0.480 e. The Hall–Kier alpha value is -1.20. The molecule has 0 aromatic rings. The number of rotatable bonds is 2. The number of nitrogens with zero attached hydrogens (tertiary/aromatic N) is 1. The summed E-state index contributed by atoms with van der Waals surface area (Å²) >= 11 is 0. The van der Waals surface area contributed by atoms with Crippen molar-refractivity contribution in [1.29, 1.82) is 0 Å². The minimum atomic E-state index is -2.65. The van der Waals surface area contributed by atoms with Gasteiger partial charge in [-0.15, -0.1) is 0 Å². The molecule has 0 aromatic carbocycles. The predicted molar refractivity (Wildman–Crippen MR) is 54.7 cm³/mol. The van der Waals surface area contributed by atoms with Crippen LogP contribution >= 0.6 is 0 Å². The van der Waals surface area contributed by atoms with E-state index in [2.05, 4.69) is 0 Å². The third-order valence-corrected chi connectivity index (χ3v) is 3.65. The number of likely N-dealkylation sites (tertiary alicyclic amines) is 1. The second-order valence-corrected chi connectivity index (χ2v) is 4.80. The van der Waals surface area contributed by atoms with E-state index in [-0.39, 0.29) is 31.6 Å². The molecule has 0 aromatic heterocycles. The van der Waals surface area contributed by atoms with Crippen molar-refractivity contribution in [2.75, 3.05) is 6.54 Å². The van der Waals surface area contributed by atoms with Gasteiger partial charge in [0.05, 0.1) is 0 Å². The number of hydrogen-bond donors (Lipinski definition) is 1. The lowest BCUT2D eigenvalue weighted by atomic mass is 9.84. The van der Waals surface area contributed by atoms with Crippen molar-refractivity contribution in [1.82, 2.24) is 4.90 Å². The van der Waals surface area contributed by atoms with Crippen molar-refractivity contribution in [3.05, 3.63) is 0 Å². The molecule has 1 amide bonds. The fraction of sp³-hybridized carbons (Fsp3) is 0.818. The molecule has 1 aliphatic carbocycles. The molecule has 1 heterocycles. The smallest absolute Gasteiger partial charge is 0.326 e. The summed E-state index contributed by atoms with van der Waals surface area (Å²) in [4.78, 5) is 24.0. The fourth-order valence-electron chi connectivity index (χ4n) is 2.43. The van der Waals surface area contributed by atoms with E-state index in [1.165, 1.54) is 4.90 Å². The van der Waals surface area contributed by atoms with Gasteiger partial charge in [-0.3, -0.25) is 4.79 Å². The summed E-state index contributed by atoms with van der Waals surface area (Å²) in [5.41, 5.74) is 0. The first kappa shape index (κ1) is 12.3. The quantitative estimate of drug-likeness (QED) is 0.804. The van der Waals surface area contributed by atoms with Crippen LogP contribution in [0.2, 0.25) is 0 Å². The van der Waals surface area contributed by atoms with E-state index >= 15 is 0 Å². The number of amides is 1. The Morgan fingerprint density at radius 3 is 2.18 bits per heavy atom. The maximum atomic E-state index is 12.9. The zero-order chi connectivity index (χ0) is 12.6. The van der Waals surface area contributed by atoms with E-state index in [0.29, 0.717) is 13.0 Å². The molecule has 2 aliphatic rings. The molecule has 1 aliphatic heterocycles. The van der Waals surface area contributed by atoms with Crippen LogP contribution in [-0.2, 0) is 9.59 Å². The monoisotopic (exact) mass is 247 g/mol. The lowest BCUT2D eigenvalue weighted by molar-refractivity contribution is -0.161. The number of carbonyl (C=O) groups is 2. The summed E-state index contributed by atoms with van der Waals surface area (Å²) in [6, 6.07) is -0.745. The molecule has 2 fully saturated rings. The Bertz CT molecular complexity index is 336. The van der Waals surface area contributed by atoms with E-state index in [9.17, 15) is 18.4 Å². The molecular weight excluding hydrogens is 232 g/mol. The van der Waals surface area contributed by atoms with E-state index < -0.39 is 23.9 Å². The molecule has 4 nitrogen and oxygen atoms in total. The van der Waals surface area contributed by atoms with Crippen LogP contribution in [0.25, 0.3) is 0 Å². The van der Waals surface area contributed by atoms with E-state index in [1.54, 1.807) is 0 Å². The minimum absolute atomic E-state index is 0.161. The highest BCUT2D eigenvalue weighted by atomic mass is 19.3. The topological polar surface area (TPSA) is 57.6 Å². The zero-order valence-corrected chi connectivity index (χ0v) is 9.36. The summed E-state index contributed by atoms with van der Waals surface area (Å²) in [6.07, 6.45) is 0.247. The second kappa shape index (κ2) is 4.23. The van der Waals surface area contributed by atoms with Gasteiger partial charge in [0.1, 0.15) is 6.04 Å². The average Bonchev–Trinajstić information content (AvgIpc) is 2.14. The highest BCUT2D eigenvalue weighted by Gasteiger charge is 2.43. The average molecular weight is 247 g/mol. The van der Waals surface area contributed by atoms with Crippen molar-refractivity contribution in [2.24, 2.45) is 5.92 Å². The predicted octanol–water partition coefficient (Wildman–Crippen LogP) is 1.50. The lowest BCUT2D eigenvalue weighted by Gasteiger charge is -2.41. The number of alkyl halides is 2. The first-order chi connectivity index (χ1) is 7.91. The van der Waals surface area contributed by atoms with Crippen molar-refractivity contribution in [2.45, 2.75) is 44.1 Å². The summed E-state index contributed by atoms with van der Waals surface area (Å²) in [5.74, 6) is -4.35. The number of carboxylic acid groups (broad SMARTS) is 1. The SMILES string of the molecule is O=C(O)[C@@H]1CCN1C(=O)C1CCC(F)(F)CC1. The summed E-state index contributed by atoms with van der Waals surface area (Å²) in [6.45, 7) is 0.433. The molecule has 1 saturated heterocycles. The zero-order valence-electron chi connectivity index (χ0n) is 9.36. The molecular formula is C11H15F2NO3. The van der Waals surface area contributed by atoms with Crippen molar-refractivity contribution in [3.63, 3.8) is 0 Å². The number of halogens is 2. The lowest BCUT2D eigenvalue weighted by Crippen LogP contribution is -2.57. The molecule has 0 bridgehead atoms. The summed E-state index contributed by atoms with van der Waals surface area (Å²) < 4.78 is 25.8. The maximum Gasteiger partial charge on any atom is 0.326 e. The molecule has 1 atom stereocenters. The van der Waals surface area contributed by atoms with E-state index in [0.717, 1.165) is 0 Å². The first-order valence-corrected chi connectivity index (χ1v) is 5.82. The molecule has 1 saturated carbocycles. The van der Waals surface area contributed by atoms with E-state index in [1.807, 2.05) is 0 Å². The maximum absolute atomic E-state index is 12.9. The van der Waals surface area contributed by atoms with Crippen molar-refractivity contribution < 1.29 is 23.5 Å². The number of aliphatic carboxylic acids is 1. The van der Waals surface area contributed by atoms with Crippen molar-refractivity contribution >= 4 is 11.9 Å². The molecule has 17 heavy (non-hydrogen) atoms. The molecule has 0 radical (unpaired) electrons. The van der Waals surface area contributed by atoms with Crippen molar-refractivity contribution in [3.8, 4) is 0 Å². The van der Waals surface area contributed by atoms with Gasteiger partial charge < -0.3 is 10.0 Å². The second-order valence-electron chi connectivity index (χ2n) is 4.80. The molecule has 96 valence electrons. The Labute approximate surface area is 97.6 Å². The Kier molecular flexibility index (Phi) is 3.05. The number of carbonyl (C=O) groups excluding carboxylic acids is 1. The molecule has 1 N–H and O–H groups in total. The van der Waals surface area contributed by atoms with Crippen LogP contribution < -0.4 is 0 Å². The normalized spacial score (nSPS) is 28.6. The summed E-state index contributed by atoms with van der Waals surface area (Å²) in [5, 5.41) is 8.82. The number of carboxylic acids is 1. The number of hydrogen-bond acceptors (Lipinski definition) is 2. The Morgan fingerprint density at radius 1 is 1.18 bits per heavy atom. The van der Waals surface area contributed by atoms with Gasteiger partial charge in [-0.2, -0.15) is 0 Å². The van der Waals surface area contributed by atoms with Crippen LogP contribution in [0.4, 0.5) is 8.78 Å². The van der Waals surface area contributed by atoms with E-state index in [4.69, 9.17) is 5.11 Å². The Balaban J connectivity index is 1.91. The highest BCUT2D eigenvalue weighted by molar-refractivity contribution is 5.86. The van der Waals surface area contributed by atoms with Gasteiger partial charge in [-0.1, -0.05) is 0 Å². The molecule has 0 spiro atoms. The Morgan fingerprint density at radius 2 is 1.76 bits per heavy atom. The van der Waals surface area contributed by atoms with Gasteiger partial charge in [0.25, 0.3) is 0 Å². The highest BCUT2D eigenvalue weighted by Crippen LogP contribution is 2.37. The molecule has 2 rings (SSSR count). The standard InChI is InChI=1S/C11H15F2NO3/c12-11(13)4-1-7(2-5-11)9(15)14-6-3-8(14)10(16)17/h7-8H,1-6H2,(H,16,17)/t8-/m0/s1. The first-order valence-electron chi connectivity index (χ1n) is 5.82. The van der Waals surface area contributed by atoms with Crippen LogP contribution in [0.15, 0.2) is 0 Å². The minimum Gasteiger partial charge on any atom is -0.480 e. The van der Waals surface area contributed by atoms with Crippen LogP contribution in [0.5, 0.6) is 0 Å². The van der Waals surface area contributed by atoms with Gasteiger partial charge in [0, 0.05) is 25.3 Å². The van der Waals surface area contributed by atoms with Gasteiger partial charge >= 0.3 is 5.97 Å². The van der Waals surface area contributed by atoms with Gasteiger partial charge in [0.2, 0.25) is 11.8 Å². The van der Waals surface area contributed by atoms with Gasteiger partial charge in [0.15, 0.2) is 0 Å². The van der Waals surface area contributed by atoms with Crippen LogP contribution in [0, 0.1) is 5.92 Å². The van der Waals surface area contributed by atoms with Gasteiger partial charge in [-0.05, 0) is 19.3 Å². The third-order valence-electron chi connectivity index (χ3n) is 3.65.